The van der Waals surface area contributed by atoms with Gasteiger partial charge in [0, 0.05) is 57.4 Å². The summed E-state index contributed by atoms with van der Waals surface area (Å²) in [7, 11) is 1.53. The van der Waals surface area contributed by atoms with Gasteiger partial charge in [-0.05, 0) is 43.2 Å². The van der Waals surface area contributed by atoms with Crippen molar-refractivity contribution < 1.29 is 14.3 Å². The minimum Gasteiger partial charge on any atom is -0.375 e. The van der Waals surface area contributed by atoms with Crippen molar-refractivity contribution in [2.24, 2.45) is 5.41 Å². The molecule has 0 unspecified atom stereocenters. The summed E-state index contributed by atoms with van der Waals surface area (Å²) in [4.78, 5) is 39.2. The second kappa shape index (κ2) is 11.3. The lowest BCUT2D eigenvalue weighted by atomic mass is 9.85. The number of hydrogen-bond acceptors (Lipinski definition) is 8. The largest absolute Gasteiger partial charge is 0.375 e. The van der Waals surface area contributed by atoms with Crippen LogP contribution in [0.2, 0.25) is 0 Å². The highest BCUT2D eigenvalue weighted by atomic mass is 35.5. The van der Waals surface area contributed by atoms with Gasteiger partial charge >= 0.3 is 0 Å². The van der Waals surface area contributed by atoms with Gasteiger partial charge < -0.3 is 19.9 Å². The van der Waals surface area contributed by atoms with Crippen molar-refractivity contribution in [2.45, 2.75) is 19.8 Å². The standard InChI is InChI=1S/C24H29N7O3.ClH/c1-3-24(17-25)9-11-31(22(24)33)20-8-10-26-23(28-20)27-18-4-6-19(7-5-18)29-12-14-30(15-13-29)21(32)16-34-2;/h4-8,10H,3,9,11-16H2,1-2H3,(H,26,27,28);1H/t24-;/m1./s1. The van der Waals surface area contributed by atoms with E-state index < -0.39 is 5.41 Å². The van der Waals surface area contributed by atoms with E-state index in [1.54, 1.807) is 17.2 Å². The molecule has 0 radical (unpaired) electrons. The molecule has 1 aromatic carbocycles. The molecule has 1 atom stereocenters. The number of nitriles is 1. The lowest BCUT2D eigenvalue weighted by molar-refractivity contribution is -0.135. The van der Waals surface area contributed by atoms with E-state index in [0.717, 1.165) is 24.5 Å². The number of hydrogen-bond donors (Lipinski definition) is 1. The third-order valence-corrected chi connectivity index (χ3v) is 6.54. The zero-order valence-electron chi connectivity index (χ0n) is 19.9. The van der Waals surface area contributed by atoms with E-state index in [0.29, 0.717) is 44.2 Å². The molecular formula is C24H30ClN7O3. The van der Waals surface area contributed by atoms with Crippen LogP contribution in [-0.4, -0.2) is 73.1 Å². The number of nitrogens with one attached hydrogen (secondary N) is 1. The Hall–Kier alpha value is -3.42. The Morgan fingerprint density at radius 3 is 2.49 bits per heavy atom. The topological polar surface area (TPSA) is 115 Å². The number of carbonyl (C=O) groups is 2. The maximum atomic E-state index is 12.8. The van der Waals surface area contributed by atoms with E-state index in [1.807, 2.05) is 36.1 Å². The second-order valence-corrected chi connectivity index (χ2v) is 8.47. The third kappa shape index (κ3) is 5.47. The van der Waals surface area contributed by atoms with E-state index in [9.17, 15) is 14.9 Å². The van der Waals surface area contributed by atoms with E-state index in [2.05, 4.69) is 26.3 Å². The maximum Gasteiger partial charge on any atom is 0.248 e. The number of halogens is 1. The van der Waals surface area contributed by atoms with Gasteiger partial charge in [-0.2, -0.15) is 10.2 Å². The number of nitrogens with zero attached hydrogens (tertiary/aromatic N) is 6. The van der Waals surface area contributed by atoms with Gasteiger partial charge in [0.1, 0.15) is 17.8 Å². The SMILES string of the molecule is CC[C@]1(C#N)CCN(c2ccnc(Nc3ccc(N4CCN(C(=O)COC)CC4)cc3)n2)C1=O.Cl. The number of ether oxygens (including phenoxy) is 1. The fraction of sp³-hybridized carbons (Fsp3) is 0.458. The lowest BCUT2D eigenvalue weighted by Gasteiger charge is -2.36. The molecule has 3 heterocycles. The molecule has 0 bridgehead atoms. The quantitative estimate of drug-likeness (QED) is 0.618. The number of carbonyl (C=O) groups excluding carboxylic acids is 2. The third-order valence-electron chi connectivity index (χ3n) is 6.54. The molecule has 0 aliphatic carbocycles. The summed E-state index contributed by atoms with van der Waals surface area (Å²) in [5, 5.41) is 12.7. The minimum atomic E-state index is -0.961. The first-order chi connectivity index (χ1) is 16.5. The van der Waals surface area contributed by atoms with Crippen LogP contribution in [0, 0.1) is 16.7 Å². The number of amides is 2. The number of benzene rings is 1. The Morgan fingerprint density at radius 1 is 1.17 bits per heavy atom. The average molecular weight is 500 g/mol. The summed E-state index contributed by atoms with van der Waals surface area (Å²) >= 11 is 0. The molecule has 35 heavy (non-hydrogen) atoms. The van der Waals surface area contributed by atoms with Gasteiger partial charge in [0.15, 0.2) is 0 Å². The lowest BCUT2D eigenvalue weighted by Crippen LogP contribution is -2.49. The van der Waals surface area contributed by atoms with Crippen molar-refractivity contribution in [3.05, 3.63) is 36.5 Å². The summed E-state index contributed by atoms with van der Waals surface area (Å²) in [5.74, 6) is 0.697. The molecule has 11 heteroatoms. The fourth-order valence-corrected chi connectivity index (χ4v) is 4.37. The van der Waals surface area contributed by atoms with Crippen molar-refractivity contribution in [1.82, 2.24) is 14.9 Å². The van der Waals surface area contributed by atoms with Gasteiger partial charge in [-0.1, -0.05) is 6.92 Å². The van der Waals surface area contributed by atoms with Gasteiger partial charge in [-0.3, -0.25) is 14.5 Å². The Kier molecular flexibility index (Phi) is 8.48. The summed E-state index contributed by atoms with van der Waals surface area (Å²) in [6.45, 7) is 5.32. The Morgan fingerprint density at radius 2 is 1.89 bits per heavy atom. The first-order valence-corrected chi connectivity index (χ1v) is 11.4. The van der Waals surface area contributed by atoms with Crippen LogP contribution < -0.4 is 15.1 Å². The molecule has 2 aliphatic rings. The molecule has 1 N–H and O–H groups in total. The second-order valence-electron chi connectivity index (χ2n) is 8.47. The van der Waals surface area contributed by atoms with Crippen molar-refractivity contribution >= 4 is 47.4 Å². The van der Waals surface area contributed by atoms with Gasteiger partial charge in [0.05, 0.1) is 6.07 Å². The maximum absolute atomic E-state index is 12.8. The average Bonchev–Trinajstić information content (AvgIpc) is 3.21. The molecule has 2 fully saturated rings. The zero-order valence-corrected chi connectivity index (χ0v) is 20.8. The summed E-state index contributed by atoms with van der Waals surface area (Å²) in [6, 6.07) is 11.8. The Bertz CT molecular complexity index is 1080. The van der Waals surface area contributed by atoms with Crippen LogP contribution in [0.4, 0.5) is 23.1 Å². The van der Waals surface area contributed by atoms with Gasteiger partial charge in [-0.15, -0.1) is 12.4 Å². The fourth-order valence-electron chi connectivity index (χ4n) is 4.37. The Labute approximate surface area is 211 Å². The zero-order chi connectivity index (χ0) is 24.1. The van der Waals surface area contributed by atoms with Gasteiger partial charge in [0.2, 0.25) is 17.8 Å². The highest BCUT2D eigenvalue weighted by molar-refractivity contribution is 6.01. The number of aromatic nitrogens is 2. The van der Waals surface area contributed by atoms with Gasteiger partial charge in [0.25, 0.3) is 0 Å². The van der Waals surface area contributed by atoms with Crippen molar-refractivity contribution in [1.29, 1.82) is 5.26 Å². The first kappa shape index (κ1) is 26.2. The number of anilines is 4. The molecule has 1 aromatic heterocycles. The van der Waals surface area contributed by atoms with Crippen LogP contribution in [0.25, 0.3) is 0 Å². The number of methoxy groups -OCH3 is 1. The van der Waals surface area contributed by atoms with Crippen molar-refractivity contribution in [3.8, 4) is 6.07 Å². The summed E-state index contributed by atoms with van der Waals surface area (Å²) < 4.78 is 4.94. The van der Waals surface area contributed by atoms with Gasteiger partial charge in [-0.25, -0.2) is 4.98 Å². The van der Waals surface area contributed by atoms with Crippen LogP contribution in [0.1, 0.15) is 19.8 Å². The summed E-state index contributed by atoms with van der Waals surface area (Å²) in [5.41, 5.74) is 0.938. The highest BCUT2D eigenvalue weighted by Crippen LogP contribution is 2.36. The molecular weight excluding hydrogens is 470 g/mol. The molecule has 2 aliphatic heterocycles. The first-order valence-electron chi connectivity index (χ1n) is 11.4. The van der Waals surface area contributed by atoms with E-state index in [4.69, 9.17) is 4.74 Å². The van der Waals surface area contributed by atoms with Crippen LogP contribution in [-0.2, 0) is 14.3 Å². The van der Waals surface area contributed by atoms with Crippen molar-refractivity contribution in [2.75, 3.05) is 61.6 Å². The summed E-state index contributed by atoms with van der Waals surface area (Å²) in [6.07, 6.45) is 2.59. The van der Waals surface area contributed by atoms with Crippen LogP contribution >= 0.6 is 12.4 Å². The van der Waals surface area contributed by atoms with E-state index in [1.165, 1.54) is 7.11 Å². The van der Waals surface area contributed by atoms with Crippen molar-refractivity contribution in [3.63, 3.8) is 0 Å². The Balaban J connectivity index is 0.00000342. The van der Waals surface area contributed by atoms with Crippen LogP contribution in [0.15, 0.2) is 36.5 Å². The van der Waals surface area contributed by atoms with E-state index >= 15 is 0 Å². The molecule has 0 spiro atoms. The molecule has 10 nitrogen and oxygen atoms in total. The van der Waals surface area contributed by atoms with E-state index in [-0.39, 0.29) is 30.8 Å². The molecule has 4 rings (SSSR count). The highest BCUT2D eigenvalue weighted by Gasteiger charge is 2.46. The minimum absolute atomic E-state index is 0. The molecule has 2 saturated heterocycles. The molecule has 0 saturated carbocycles. The normalized spacial score (nSPS) is 19.8. The number of piperazine rings is 1. The monoisotopic (exact) mass is 499 g/mol. The van der Waals surface area contributed by atoms with Crippen LogP contribution in [0.5, 0.6) is 0 Å². The molecule has 2 amide bonds. The predicted octanol–water partition coefficient (Wildman–Crippen LogP) is 2.59. The molecule has 2 aromatic rings. The molecule has 186 valence electrons. The number of rotatable bonds is 7. The predicted molar refractivity (Wildman–Crippen MR) is 135 cm³/mol. The van der Waals surface area contributed by atoms with Crippen LogP contribution in [0.3, 0.4) is 0 Å². The smallest absolute Gasteiger partial charge is 0.248 e.